The highest BCUT2D eigenvalue weighted by atomic mass is 19.4. The fraction of sp³-hybridized carbons (Fsp3) is 0.481. The molecule has 2 aromatic heterocycles. The first-order valence-electron chi connectivity index (χ1n) is 12.8. The average molecular weight is 515 g/mol. The van der Waals surface area contributed by atoms with Gasteiger partial charge in [-0.15, -0.1) is 0 Å². The second kappa shape index (κ2) is 9.89. The van der Waals surface area contributed by atoms with Crippen molar-refractivity contribution in [1.82, 2.24) is 25.1 Å². The Bertz CT molecular complexity index is 1240. The van der Waals surface area contributed by atoms with Gasteiger partial charge in [-0.2, -0.15) is 18.3 Å². The van der Waals surface area contributed by atoms with Gasteiger partial charge in [0.05, 0.1) is 16.6 Å². The first-order valence-corrected chi connectivity index (χ1v) is 12.8. The van der Waals surface area contributed by atoms with E-state index in [1.54, 1.807) is 35.0 Å². The van der Waals surface area contributed by atoms with E-state index in [0.29, 0.717) is 44.8 Å². The van der Waals surface area contributed by atoms with E-state index in [1.807, 2.05) is 37.1 Å². The van der Waals surface area contributed by atoms with Crippen LogP contribution >= 0.6 is 0 Å². The standard InChI is InChI=1S/C27H33F3N6O/c1-19(2)33-25(37)35-15-13-34(14-16-35)23-7-10-32-36-18-21(17-24(23)36)20-3-5-22(6-4-20)26(27(28,29)30)8-11-31-12-9-26/h3-7,10,17-19,31H,8-9,11-16H2,1-2H3,(H,33,37). The van der Waals surface area contributed by atoms with Gasteiger partial charge in [0.1, 0.15) is 0 Å². The number of aromatic nitrogens is 2. The van der Waals surface area contributed by atoms with Crippen LogP contribution in [0, 0.1) is 0 Å². The molecule has 4 heterocycles. The molecule has 2 amide bonds. The van der Waals surface area contributed by atoms with Gasteiger partial charge in [-0.25, -0.2) is 9.31 Å². The van der Waals surface area contributed by atoms with Crippen LogP contribution in [0.15, 0.2) is 48.8 Å². The van der Waals surface area contributed by atoms with Gasteiger partial charge in [0.2, 0.25) is 0 Å². The number of halogens is 3. The van der Waals surface area contributed by atoms with Crippen LogP contribution < -0.4 is 15.5 Å². The van der Waals surface area contributed by atoms with Crippen molar-refractivity contribution in [3.8, 4) is 11.1 Å². The SMILES string of the molecule is CC(C)NC(=O)N1CCN(c2ccnn3cc(-c4ccc(C5(C(F)(F)F)CCNCC5)cc4)cc23)CC1. The number of rotatable bonds is 4. The summed E-state index contributed by atoms with van der Waals surface area (Å²) >= 11 is 0. The van der Waals surface area contributed by atoms with Crippen molar-refractivity contribution in [3.63, 3.8) is 0 Å². The third-order valence-corrected chi connectivity index (χ3v) is 7.58. The van der Waals surface area contributed by atoms with Gasteiger partial charge in [0.15, 0.2) is 0 Å². The predicted molar refractivity (Wildman–Crippen MR) is 138 cm³/mol. The number of carbonyl (C=O) groups excluding carboxylic acids is 1. The molecule has 0 bridgehead atoms. The van der Waals surface area contributed by atoms with Crippen LogP contribution in [0.4, 0.5) is 23.7 Å². The molecule has 0 atom stereocenters. The van der Waals surface area contributed by atoms with Crippen LogP contribution in [0.1, 0.15) is 32.3 Å². The second-order valence-electron chi connectivity index (χ2n) is 10.3. The Morgan fingerprint density at radius 1 is 1.03 bits per heavy atom. The van der Waals surface area contributed by atoms with Crippen molar-refractivity contribution in [1.29, 1.82) is 0 Å². The first kappa shape index (κ1) is 25.4. The lowest BCUT2D eigenvalue weighted by Gasteiger charge is -2.39. The zero-order chi connectivity index (χ0) is 26.2. The summed E-state index contributed by atoms with van der Waals surface area (Å²) in [7, 11) is 0. The molecule has 2 aliphatic heterocycles. The largest absolute Gasteiger partial charge is 0.398 e. The van der Waals surface area contributed by atoms with Gasteiger partial charge in [0.25, 0.3) is 0 Å². The lowest BCUT2D eigenvalue weighted by Crippen LogP contribution is -2.53. The topological polar surface area (TPSA) is 64.9 Å². The van der Waals surface area contributed by atoms with Gasteiger partial charge in [-0.05, 0) is 63.0 Å². The number of piperazine rings is 1. The van der Waals surface area contributed by atoms with Crippen molar-refractivity contribution in [3.05, 3.63) is 54.4 Å². The van der Waals surface area contributed by atoms with E-state index >= 15 is 0 Å². The molecule has 198 valence electrons. The molecule has 10 heteroatoms. The molecule has 0 aliphatic carbocycles. The van der Waals surface area contributed by atoms with Gasteiger partial charge in [-0.1, -0.05) is 24.3 Å². The van der Waals surface area contributed by atoms with Crippen LogP contribution in [0.5, 0.6) is 0 Å². The zero-order valence-electron chi connectivity index (χ0n) is 21.2. The molecule has 0 spiro atoms. The van der Waals surface area contributed by atoms with E-state index < -0.39 is 11.6 Å². The molecule has 5 rings (SSSR count). The monoisotopic (exact) mass is 514 g/mol. The summed E-state index contributed by atoms with van der Waals surface area (Å²) in [6.07, 6.45) is -0.543. The van der Waals surface area contributed by atoms with Crippen LogP contribution in [-0.2, 0) is 5.41 Å². The minimum atomic E-state index is -4.29. The number of nitrogens with one attached hydrogen (secondary N) is 2. The molecular formula is C27H33F3N6O. The number of alkyl halides is 3. The summed E-state index contributed by atoms with van der Waals surface area (Å²) in [5.41, 5.74) is 2.21. The van der Waals surface area contributed by atoms with E-state index in [4.69, 9.17) is 0 Å². The Morgan fingerprint density at radius 3 is 2.32 bits per heavy atom. The van der Waals surface area contributed by atoms with E-state index in [1.165, 1.54) is 0 Å². The highest BCUT2D eigenvalue weighted by molar-refractivity contribution is 5.80. The predicted octanol–water partition coefficient (Wildman–Crippen LogP) is 4.42. The molecule has 1 aromatic carbocycles. The van der Waals surface area contributed by atoms with E-state index in [0.717, 1.165) is 22.3 Å². The van der Waals surface area contributed by atoms with Crippen molar-refractivity contribution >= 4 is 17.2 Å². The molecule has 7 nitrogen and oxygen atoms in total. The number of nitrogens with zero attached hydrogens (tertiary/aromatic N) is 4. The fourth-order valence-electron chi connectivity index (χ4n) is 5.48. The quantitative estimate of drug-likeness (QED) is 0.541. The van der Waals surface area contributed by atoms with Crippen molar-refractivity contribution in [2.24, 2.45) is 0 Å². The zero-order valence-corrected chi connectivity index (χ0v) is 21.2. The lowest BCUT2D eigenvalue weighted by molar-refractivity contribution is -0.197. The smallest absolute Gasteiger partial charge is 0.366 e. The molecule has 2 N–H and O–H groups in total. The summed E-state index contributed by atoms with van der Waals surface area (Å²) in [6, 6.07) is 10.9. The summed E-state index contributed by atoms with van der Waals surface area (Å²) in [4.78, 5) is 16.4. The summed E-state index contributed by atoms with van der Waals surface area (Å²) in [5.74, 6) is 0. The fourth-order valence-corrected chi connectivity index (χ4v) is 5.48. The van der Waals surface area contributed by atoms with Gasteiger partial charge in [-0.3, -0.25) is 0 Å². The number of urea groups is 1. The maximum Gasteiger partial charge on any atom is 0.398 e. The molecule has 2 fully saturated rings. The van der Waals surface area contributed by atoms with Gasteiger partial charge < -0.3 is 20.4 Å². The number of hydrogen-bond acceptors (Lipinski definition) is 4. The summed E-state index contributed by atoms with van der Waals surface area (Å²) in [5, 5.41) is 10.4. The number of piperidine rings is 1. The maximum atomic E-state index is 14.1. The molecule has 3 aromatic rings. The Hall–Kier alpha value is -3.27. The summed E-state index contributed by atoms with van der Waals surface area (Å²) in [6.45, 7) is 7.26. The Labute approximate surface area is 214 Å². The Morgan fingerprint density at radius 2 is 1.70 bits per heavy atom. The third kappa shape index (κ3) is 4.86. The minimum Gasteiger partial charge on any atom is -0.366 e. The molecule has 2 saturated heterocycles. The minimum absolute atomic E-state index is 0.0419. The van der Waals surface area contributed by atoms with Crippen LogP contribution in [0.3, 0.4) is 0 Å². The lowest BCUT2D eigenvalue weighted by atomic mass is 9.72. The van der Waals surface area contributed by atoms with E-state index in [2.05, 4.69) is 20.6 Å². The van der Waals surface area contributed by atoms with E-state index in [-0.39, 0.29) is 24.9 Å². The molecule has 0 unspecified atom stereocenters. The Balaban J connectivity index is 1.37. The first-order chi connectivity index (χ1) is 17.7. The van der Waals surface area contributed by atoms with Gasteiger partial charge >= 0.3 is 12.2 Å². The summed E-state index contributed by atoms with van der Waals surface area (Å²) < 4.78 is 44.2. The average Bonchev–Trinajstić information content (AvgIpc) is 3.33. The van der Waals surface area contributed by atoms with Crippen LogP contribution in [0.2, 0.25) is 0 Å². The molecule has 37 heavy (non-hydrogen) atoms. The number of hydrogen-bond donors (Lipinski definition) is 2. The molecule has 0 radical (unpaired) electrons. The highest BCUT2D eigenvalue weighted by Gasteiger charge is 2.55. The highest BCUT2D eigenvalue weighted by Crippen LogP contribution is 2.47. The maximum absolute atomic E-state index is 14.1. The number of benzene rings is 1. The van der Waals surface area contributed by atoms with Crippen molar-refractivity contribution in [2.45, 2.75) is 44.3 Å². The molecule has 0 saturated carbocycles. The van der Waals surface area contributed by atoms with Crippen molar-refractivity contribution in [2.75, 3.05) is 44.2 Å². The van der Waals surface area contributed by atoms with Gasteiger partial charge in [0, 0.05) is 50.2 Å². The van der Waals surface area contributed by atoms with Crippen molar-refractivity contribution < 1.29 is 18.0 Å². The van der Waals surface area contributed by atoms with Crippen LogP contribution in [-0.4, -0.2) is 72.0 Å². The molecular weight excluding hydrogens is 481 g/mol. The number of carbonyl (C=O) groups is 1. The van der Waals surface area contributed by atoms with Crippen LogP contribution in [0.25, 0.3) is 16.6 Å². The normalized spacial score (nSPS) is 18.4. The Kier molecular flexibility index (Phi) is 6.78. The number of anilines is 1. The third-order valence-electron chi connectivity index (χ3n) is 7.58. The van der Waals surface area contributed by atoms with E-state index in [9.17, 15) is 18.0 Å². The second-order valence-corrected chi connectivity index (χ2v) is 10.3. The number of amides is 2. The molecule has 2 aliphatic rings. The number of fused-ring (bicyclic) bond motifs is 1.